The highest BCUT2D eigenvalue weighted by atomic mass is 32.1. The highest BCUT2D eigenvalue weighted by molar-refractivity contribution is 7.17. The van der Waals surface area contributed by atoms with Crippen molar-refractivity contribution < 1.29 is 19.1 Å². The molecule has 0 aliphatic carbocycles. The number of ether oxygens (including phenoxy) is 2. The molecule has 7 heteroatoms. The van der Waals surface area contributed by atoms with Crippen molar-refractivity contribution in [2.75, 3.05) is 32.6 Å². The molecule has 26 heavy (non-hydrogen) atoms. The fourth-order valence-electron chi connectivity index (χ4n) is 2.90. The quantitative estimate of drug-likeness (QED) is 0.788. The first kappa shape index (κ1) is 18.4. The molecule has 1 N–H and O–H groups in total. The molecule has 0 bridgehead atoms. The van der Waals surface area contributed by atoms with Gasteiger partial charge in [-0.05, 0) is 31.2 Å². The van der Waals surface area contributed by atoms with Gasteiger partial charge in [-0.25, -0.2) is 4.79 Å². The number of carbonyl (C=O) groups is 2. The van der Waals surface area contributed by atoms with Gasteiger partial charge in [0.15, 0.2) is 0 Å². The zero-order valence-electron chi connectivity index (χ0n) is 14.9. The molecule has 1 aliphatic rings. The van der Waals surface area contributed by atoms with Gasteiger partial charge in [0.2, 0.25) is 5.91 Å². The van der Waals surface area contributed by atoms with Gasteiger partial charge in [-0.1, -0.05) is 18.2 Å². The van der Waals surface area contributed by atoms with Gasteiger partial charge in [0.1, 0.15) is 10.8 Å². The molecule has 0 atom stereocenters. The van der Waals surface area contributed by atoms with Crippen LogP contribution in [-0.4, -0.2) is 44.1 Å². The Labute approximate surface area is 156 Å². The first-order chi connectivity index (χ1) is 12.6. The van der Waals surface area contributed by atoms with Crippen LogP contribution in [0.2, 0.25) is 0 Å². The highest BCUT2D eigenvalue weighted by Gasteiger charge is 2.28. The minimum Gasteiger partial charge on any atom is -0.493 e. The molecule has 1 aromatic carbocycles. The van der Waals surface area contributed by atoms with Gasteiger partial charge < -0.3 is 19.7 Å². The van der Waals surface area contributed by atoms with Crippen LogP contribution in [0.5, 0.6) is 5.75 Å². The molecule has 138 valence electrons. The molecule has 1 aliphatic heterocycles. The Kier molecular flexibility index (Phi) is 5.90. The first-order valence-corrected chi connectivity index (χ1v) is 9.29. The van der Waals surface area contributed by atoms with E-state index in [0.717, 1.165) is 35.7 Å². The van der Waals surface area contributed by atoms with Gasteiger partial charge >= 0.3 is 5.97 Å². The minimum atomic E-state index is -0.400. The van der Waals surface area contributed by atoms with Crippen LogP contribution in [-0.2, 0) is 22.5 Å². The van der Waals surface area contributed by atoms with E-state index in [1.165, 1.54) is 18.4 Å². The summed E-state index contributed by atoms with van der Waals surface area (Å²) in [6.45, 7) is 1.93. The number of hydrogen-bond acceptors (Lipinski definition) is 6. The predicted molar refractivity (Wildman–Crippen MR) is 101 cm³/mol. The molecule has 0 fully saturated rings. The number of anilines is 1. The van der Waals surface area contributed by atoms with Crippen LogP contribution in [0.4, 0.5) is 5.00 Å². The van der Waals surface area contributed by atoms with Crippen LogP contribution in [0.25, 0.3) is 0 Å². The van der Waals surface area contributed by atoms with E-state index in [1.807, 2.05) is 37.4 Å². The van der Waals surface area contributed by atoms with E-state index >= 15 is 0 Å². The van der Waals surface area contributed by atoms with E-state index in [1.54, 1.807) is 0 Å². The number of benzene rings is 1. The fraction of sp³-hybridized carbons (Fsp3) is 0.368. The maximum Gasteiger partial charge on any atom is 0.341 e. The van der Waals surface area contributed by atoms with Gasteiger partial charge in [0.25, 0.3) is 0 Å². The molecule has 0 radical (unpaired) electrons. The van der Waals surface area contributed by atoms with E-state index in [2.05, 4.69) is 10.2 Å². The number of nitrogens with one attached hydrogen (secondary N) is 1. The summed E-state index contributed by atoms with van der Waals surface area (Å²) in [6.07, 6.45) is 0.984. The molecule has 1 aromatic heterocycles. The minimum absolute atomic E-state index is 0.182. The lowest BCUT2D eigenvalue weighted by atomic mass is 10.0. The van der Waals surface area contributed by atoms with E-state index in [0.29, 0.717) is 10.6 Å². The van der Waals surface area contributed by atoms with E-state index in [9.17, 15) is 9.59 Å². The maximum absolute atomic E-state index is 12.3. The van der Waals surface area contributed by atoms with Crippen LogP contribution >= 0.6 is 11.3 Å². The van der Waals surface area contributed by atoms with E-state index in [-0.39, 0.29) is 18.9 Å². The van der Waals surface area contributed by atoms with Crippen molar-refractivity contribution in [2.45, 2.75) is 19.4 Å². The average Bonchev–Trinajstić information content (AvgIpc) is 2.98. The maximum atomic E-state index is 12.3. The molecule has 2 heterocycles. The van der Waals surface area contributed by atoms with Crippen LogP contribution in [0, 0.1) is 0 Å². The lowest BCUT2D eigenvalue weighted by molar-refractivity contribution is -0.116. The first-order valence-electron chi connectivity index (χ1n) is 8.47. The topological polar surface area (TPSA) is 67.9 Å². The zero-order chi connectivity index (χ0) is 18.5. The smallest absolute Gasteiger partial charge is 0.341 e. The fourth-order valence-corrected chi connectivity index (χ4v) is 4.24. The molecule has 1 amide bonds. The summed E-state index contributed by atoms with van der Waals surface area (Å²) in [5.74, 6) is 0.145. The number of amides is 1. The van der Waals surface area contributed by atoms with Crippen molar-refractivity contribution in [1.82, 2.24) is 4.90 Å². The second kappa shape index (κ2) is 8.33. The molecule has 0 saturated carbocycles. The number of carbonyl (C=O) groups excluding carboxylic acids is 2. The number of rotatable bonds is 6. The molecular weight excluding hydrogens is 352 g/mol. The Hall–Kier alpha value is -2.38. The van der Waals surface area contributed by atoms with Crippen molar-refractivity contribution in [3.05, 3.63) is 46.3 Å². The van der Waals surface area contributed by atoms with Crippen molar-refractivity contribution in [3.63, 3.8) is 0 Å². The third kappa shape index (κ3) is 4.23. The standard InChI is InChI=1S/C19H22N2O4S/c1-21-10-8-14-15(12-21)26-18(17(14)19(23)24-2)20-16(22)9-11-25-13-6-4-3-5-7-13/h3-7H,8-12H2,1-2H3,(H,20,22). The molecule has 0 saturated heterocycles. The second-order valence-electron chi connectivity index (χ2n) is 6.15. The monoisotopic (exact) mass is 374 g/mol. The van der Waals surface area contributed by atoms with E-state index in [4.69, 9.17) is 9.47 Å². The summed E-state index contributed by atoms with van der Waals surface area (Å²) in [6, 6.07) is 9.36. The van der Waals surface area contributed by atoms with Gasteiger partial charge in [-0.15, -0.1) is 11.3 Å². The van der Waals surface area contributed by atoms with Crippen molar-refractivity contribution >= 4 is 28.2 Å². The Morgan fingerprint density at radius 3 is 2.77 bits per heavy atom. The summed E-state index contributed by atoms with van der Waals surface area (Å²) < 4.78 is 10.5. The third-order valence-corrected chi connectivity index (χ3v) is 5.36. The normalized spacial score (nSPS) is 13.8. The summed E-state index contributed by atoms with van der Waals surface area (Å²) >= 11 is 1.45. The Morgan fingerprint density at radius 1 is 1.27 bits per heavy atom. The number of likely N-dealkylation sites (N-methyl/N-ethyl adjacent to an activating group) is 1. The number of methoxy groups -OCH3 is 1. The molecule has 0 spiro atoms. The number of hydrogen-bond donors (Lipinski definition) is 1. The van der Waals surface area contributed by atoms with Gasteiger partial charge in [-0.2, -0.15) is 0 Å². The van der Waals surface area contributed by atoms with Crippen molar-refractivity contribution in [2.24, 2.45) is 0 Å². The van der Waals surface area contributed by atoms with Crippen LogP contribution in [0.15, 0.2) is 30.3 Å². The largest absolute Gasteiger partial charge is 0.493 e. The van der Waals surface area contributed by atoms with Crippen LogP contribution < -0.4 is 10.1 Å². The van der Waals surface area contributed by atoms with Crippen LogP contribution in [0.1, 0.15) is 27.2 Å². The Morgan fingerprint density at radius 2 is 2.04 bits per heavy atom. The third-order valence-electron chi connectivity index (χ3n) is 4.23. The van der Waals surface area contributed by atoms with Gasteiger partial charge in [-0.3, -0.25) is 4.79 Å². The summed E-state index contributed by atoms with van der Waals surface area (Å²) in [5.41, 5.74) is 1.49. The number of nitrogens with zero attached hydrogens (tertiary/aromatic N) is 1. The predicted octanol–water partition coefficient (Wildman–Crippen LogP) is 2.93. The molecule has 0 unspecified atom stereocenters. The van der Waals surface area contributed by atoms with Crippen molar-refractivity contribution in [3.8, 4) is 5.75 Å². The average molecular weight is 374 g/mol. The van der Waals surface area contributed by atoms with E-state index < -0.39 is 5.97 Å². The van der Waals surface area contributed by atoms with Gasteiger partial charge in [0.05, 0.1) is 25.7 Å². The highest BCUT2D eigenvalue weighted by Crippen LogP contribution is 2.37. The SMILES string of the molecule is COC(=O)c1c(NC(=O)CCOc2ccccc2)sc2c1CCN(C)C2. The lowest BCUT2D eigenvalue weighted by Gasteiger charge is -2.22. The number of para-hydroxylation sites is 1. The molecule has 3 rings (SSSR count). The zero-order valence-corrected chi connectivity index (χ0v) is 15.7. The van der Waals surface area contributed by atoms with Crippen molar-refractivity contribution in [1.29, 1.82) is 0 Å². The molecular formula is C19H22N2O4S. The molecule has 6 nitrogen and oxygen atoms in total. The summed E-state index contributed by atoms with van der Waals surface area (Å²) in [5, 5.41) is 3.44. The summed E-state index contributed by atoms with van der Waals surface area (Å²) in [4.78, 5) is 27.8. The summed E-state index contributed by atoms with van der Waals surface area (Å²) in [7, 11) is 3.40. The number of thiophene rings is 1. The number of fused-ring (bicyclic) bond motifs is 1. The second-order valence-corrected chi connectivity index (χ2v) is 7.25. The number of esters is 1. The lowest BCUT2D eigenvalue weighted by Crippen LogP contribution is -2.26. The van der Waals surface area contributed by atoms with Crippen LogP contribution in [0.3, 0.4) is 0 Å². The Bertz CT molecular complexity index is 788. The Balaban J connectivity index is 1.66. The van der Waals surface area contributed by atoms with Gasteiger partial charge in [0, 0.05) is 18.0 Å². The molecule has 2 aromatic rings.